The van der Waals surface area contributed by atoms with Gasteiger partial charge in [0.05, 0.1) is 11.5 Å². The van der Waals surface area contributed by atoms with Gasteiger partial charge in [-0.2, -0.15) is 13.2 Å². The maximum absolute atomic E-state index is 12.2. The highest BCUT2D eigenvalue weighted by atomic mass is 32.1. The Morgan fingerprint density at radius 3 is 2.82 bits per heavy atom. The molecule has 0 spiro atoms. The third-order valence-corrected chi connectivity index (χ3v) is 2.99. The Balaban J connectivity index is 2.64. The van der Waals surface area contributed by atoms with Gasteiger partial charge < -0.3 is 4.74 Å². The second-order valence-corrected chi connectivity index (χ2v) is 4.16. The molecule has 0 saturated heterocycles. The first-order valence-corrected chi connectivity index (χ1v) is 5.50. The number of carbonyl (C=O) groups excluding carboxylic acids is 1. The SMILES string of the molecule is CC(OCc1ccsc1C(=O)NN)C(F)(F)F. The van der Waals surface area contributed by atoms with Crippen LogP contribution in [0, 0.1) is 0 Å². The Kier molecular flexibility index (Phi) is 4.49. The number of hydrazine groups is 1. The second kappa shape index (κ2) is 5.48. The molecule has 1 heterocycles. The van der Waals surface area contributed by atoms with Gasteiger partial charge in [-0.15, -0.1) is 11.3 Å². The van der Waals surface area contributed by atoms with Gasteiger partial charge in [0.1, 0.15) is 0 Å². The molecule has 3 N–H and O–H groups in total. The summed E-state index contributed by atoms with van der Waals surface area (Å²) in [7, 11) is 0. The molecule has 4 nitrogen and oxygen atoms in total. The van der Waals surface area contributed by atoms with Crippen LogP contribution in [0.3, 0.4) is 0 Å². The van der Waals surface area contributed by atoms with Crippen LogP contribution >= 0.6 is 11.3 Å². The maximum atomic E-state index is 12.2. The number of hydrogen-bond donors (Lipinski definition) is 2. The molecule has 96 valence electrons. The number of nitrogens with one attached hydrogen (secondary N) is 1. The zero-order valence-electron chi connectivity index (χ0n) is 8.88. The summed E-state index contributed by atoms with van der Waals surface area (Å²) in [5, 5.41) is 1.58. The van der Waals surface area contributed by atoms with Crippen molar-refractivity contribution in [2.45, 2.75) is 25.8 Å². The molecule has 1 aromatic heterocycles. The molecule has 0 bridgehead atoms. The predicted molar refractivity (Wildman–Crippen MR) is 56.3 cm³/mol. The average molecular weight is 268 g/mol. The highest BCUT2D eigenvalue weighted by Gasteiger charge is 2.37. The maximum Gasteiger partial charge on any atom is 0.414 e. The van der Waals surface area contributed by atoms with Crippen molar-refractivity contribution >= 4 is 17.2 Å². The van der Waals surface area contributed by atoms with Gasteiger partial charge >= 0.3 is 6.18 Å². The normalized spacial score (nSPS) is 13.5. The van der Waals surface area contributed by atoms with Gasteiger partial charge in [-0.25, -0.2) is 5.84 Å². The number of ether oxygens (including phenoxy) is 1. The number of rotatable bonds is 4. The van der Waals surface area contributed by atoms with Crippen LogP contribution in [0.1, 0.15) is 22.2 Å². The summed E-state index contributed by atoms with van der Waals surface area (Å²) >= 11 is 1.09. The Labute approximate surface area is 99.5 Å². The first-order chi connectivity index (χ1) is 7.86. The molecule has 17 heavy (non-hydrogen) atoms. The van der Waals surface area contributed by atoms with Crippen molar-refractivity contribution in [2.24, 2.45) is 5.84 Å². The summed E-state index contributed by atoms with van der Waals surface area (Å²) in [6.45, 7) is 0.627. The van der Waals surface area contributed by atoms with Crippen LogP contribution in [-0.4, -0.2) is 18.2 Å². The minimum Gasteiger partial charge on any atom is -0.364 e. The van der Waals surface area contributed by atoms with Crippen LogP contribution in [0.4, 0.5) is 13.2 Å². The second-order valence-electron chi connectivity index (χ2n) is 3.24. The summed E-state index contributed by atoms with van der Waals surface area (Å²) < 4.78 is 41.2. The highest BCUT2D eigenvalue weighted by Crippen LogP contribution is 2.25. The Morgan fingerprint density at radius 2 is 2.29 bits per heavy atom. The number of thiophene rings is 1. The van der Waals surface area contributed by atoms with E-state index in [2.05, 4.69) is 4.74 Å². The van der Waals surface area contributed by atoms with E-state index in [1.54, 1.807) is 5.38 Å². The summed E-state index contributed by atoms with van der Waals surface area (Å²) in [5.74, 6) is 4.40. The zero-order valence-corrected chi connectivity index (χ0v) is 9.69. The van der Waals surface area contributed by atoms with Gasteiger partial charge in [0.15, 0.2) is 6.10 Å². The van der Waals surface area contributed by atoms with E-state index in [0.29, 0.717) is 5.56 Å². The van der Waals surface area contributed by atoms with Crippen molar-refractivity contribution in [3.05, 3.63) is 21.9 Å². The van der Waals surface area contributed by atoms with Gasteiger partial charge in [0.25, 0.3) is 5.91 Å². The Morgan fingerprint density at radius 1 is 1.65 bits per heavy atom. The number of amides is 1. The molecule has 0 aliphatic carbocycles. The van der Waals surface area contributed by atoms with E-state index >= 15 is 0 Å². The van der Waals surface area contributed by atoms with Gasteiger partial charge in [-0.05, 0) is 18.4 Å². The molecule has 1 rings (SSSR count). The molecule has 0 aromatic carbocycles. The summed E-state index contributed by atoms with van der Waals surface area (Å²) in [6, 6.07) is 1.53. The highest BCUT2D eigenvalue weighted by molar-refractivity contribution is 7.12. The van der Waals surface area contributed by atoms with Crippen LogP contribution < -0.4 is 11.3 Å². The molecule has 1 aromatic rings. The smallest absolute Gasteiger partial charge is 0.364 e. The third-order valence-electron chi connectivity index (χ3n) is 2.03. The lowest BCUT2D eigenvalue weighted by molar-refractivity contribution is -0.217. The fourth-order valence-corrected chi connectivity index (χ4v) is 1.84. The molecule has 0 saturated carbocycles. The lowest BCUT2D eigenvalue weighted by Gasteiger charge is -2.16. The third kappa shape index (κ3) is 3.69. The van der Waals surface area contributed by atoms with E-state index in [-0.39, 0.29) is 11.5 Å². The first kappa shape index (κ1) is 13.9. The minimum atomic E-state index is -4.41. The lowest BCUT2D eigenvalue weighted by Crippen LogP contribution is -2.31. The van der Waals surface area contributed by atoms with Crippen LogP contribution in [0.25, 0.3) is 0 Å². The van der Waals surface area contributed by atoms with E-state index in [9.17, 15) is 18.0 Å². The molecule has 0 aliphatic rings. The van der Waals surface area contributed by atoms with Crippen LogP contribution in [0.2, 0.25) is 0 Å². The van der Waals surface area contributed by atoms with Gasteiger partial charge in [0.2, 0.25) is 0 Å². The number of nitrogen functional groups attached to an aromatic ring is 1. The summed E-state index contributed by atoms with van der Waals surface area (Å²) in [6.07, 6.45) is -6.29. The van der Waals surface area contributed by atoms with E-state index in [4.69, 9.17) is 5.84 Å². The molecule has 1 unspecified atom stereocenters. The largest absolute Gasteiger partial charge is 0.414 e. The van der Waals surface area contributed by atoms with Gasteiger partial charge in [-0.1, -0.05) is 0 Å². The van der Waals surface area contributed by atoms with Gasteiger partial charge in [-0.3, -0.25) is 10.2 Å². The van der Waals surface area contributed by atoms with Crippen LogP contribution in [0.15, 0.2) is 11.4 Å². The zero-order chi connectivity index (χ0) is 13.1. The predicted octanol–water partition coefficient (Wildman–Crippen LogP) is 1.82. The average Bonchev–Trinajstić information content (AvgIpc) is 2.71. The number of alkyl halides is 3. The first-order valence-electron chi connectivity index (χ1n) is 4.62. The molecule has 0 radical (unpaired) electrons. The number of hydrogen-bond acceptors (Lipinski definition) is 4. The number of carbonyl (C=O) groups is 1. The fourth-order valence-electron chi connectivity index (χ4n) is 1.02. The van der Waals surface area contributed by atoms with E-state index in [0.717, 1.165) is 18.3 Å². The molecule has 0 fully saturated rings. The van der Waals surface area contributed by atoms with Gasteiger partial charge in [0, 0.05) is 5.56 Å². The Hall–Kier alpha value is -1.12. The Bertz CT molecular complexity index is 392. The van der Waals surface area contributed by atoms with Crippen LogP contribution in [-0.2, 0) is 11.3 Å². The van der Waals surface area contributed by atoms with E-state index in [1.165, 1.54) is 6.07 Å². The monoisotopic (exact) mass is 268 g/mol. The molecule has 0 aliphatic heterocycles. The molecule has 1 atom stereocenters. The van der Waals surface area contributed by atoms with Crippen molar-refractivity contribution in [3.63, 3.8) is 0 Å². The summed E-state index contributed by atoms with van der Waals surface area (Å²) in [5.41, 5.74) is 2.30. The minimum absolute atomic E-state index is 0.252. The van der Waals surface area contributed by atoms with E-state index in [1.807, 2.05) is 5.43 Å². The fraction of sp³-hybridized carbons (Fsp3) is 0.444. The van der Waals surface area contributed by atoms with Crippen molar-refractivity contribution < 1.29 is 22.7 Å². The van der Waals surface area contributed by atoms with E-state index < -0.39 is 18.2 Å². The topological polar surface area (TPSA) is 64.3 Å². The molecule has 8 heteroatoms. The number of halogens is 3. The van der Waals surface area contributed by atoms with Crippen molar-refractivity contribution in [2.75, 3.05) is 0 Å². The number of nitrogens with two attached hydrogens (primary N) is 1. The quantitative estimate of drug-likeness (QED) is 0.497. The van der Waals surface area contributed by atoms with Crippen molar-refractivity contribution in [1.29, 1.82) is 0 Å². The molecular formula is C9H11F3N2O2S. The van der Waals surface area contributed by atoms with Crippen molar-refractivity contribution in [3.8, 4) is 0 Å². The molecular weight excluding hydrogens is 257 g/mol. The van der Waals surface area contributed by atoms with Crippen molar-refractivity contribution in [1.82, 2.24) is 5.43 Å². The molecule has 1 amide bonds. The standard InChI is InChI=1S/C9H11F3N2O2S/c1-5(9(10,11)12)16-4-6-2-3-17-7(6)8(15)14-13/h2-3,5H,4,13H2,1H3,(H,14,15). The summed E-state index contributed by atoms with van der Waals surface area (Å²) in [4.78, 5) is 11.5. The van der Waals surface area contributed by atoms with Crippen LogP contribution in [0.5, 0.6) is 0 Å². The lowest BCUT2D eigenvalue weighted by atomic mass is 10.2.